The number of carbonyl (C=O) groups excluding carboxylic acids is 2. The van der Waals surface area contributed by atoms with Crippen molar-refractivity contribution >= 4 is 17.9 Å². The fraction of sp³-hybridized carbons (Fsp3) is 0.786. The molecule has 1 rings (SSSR count). The lowest BCUT2D eigenvalue weighted by atomic mass is 9.81. The van der Waals surface area contributed by atoms with Crippen molar-refractivity contribution in [2.75, 3.05) is 6.54 Å². The maximum absolute atomic E-state index is 11.6. The van der Waals surface area contributed by atoms with Crippen LogP contribution in [0.15, 0.2) is 0 Å². The summed E-state index contributed by atoms with van der Waals surface area (Å²) in [4.78, 5) is 33.2. The van der Waals surface area contributed by atoms with Gasteiger partial charge in [-0.05, 0) is 24.7 Å². The molecule has 3 amide bonds. The Morgan fingerprint density at radius 3 is 2.62 bits per heavy atom. The Labute approximate surface area is 124 Å². The first-order chi connectivity index (χ1) is 9.88. The molecular weight excluding hydrogens is 274 g/mol. The Bertz CT molecular complexity index is 386. The van der Waals surface area contributed by atoms with Crippen LogP contribution in [-0.4, -0.2) is 35.6 Å². The average molecular weight is 299 g/mol. The second-order valence-corrected chi connectivity index (χ2v) is 5.89. The maximum Gasteiger partial charge on any atom is 0.326 e. The Kier molecular flexibility index (Phi) is 6.98. The van der Waals surface area contributed by atoms with Crippen molar-refractivity contribution in [2.24, 2.45) is 17.6 Å². The van der Waals surface area contributed by atoms with Gasteiger partial charge in [-0.15, -0.1) is 0 Å². The van der Waals surface area contributed by atoms with E-state index in [1.165, 1.54) is 25.7 Å². The number of aliphatic carboxylic acids is 1. The molecule has 0 saturated heterocycles. The van der Waals surface area contributed by atoms with Gasteiger partial charge in [0.25, 0.3) is 0 Å². The molecule has 21 heavy (non-hydrogen) atoms. The van der Waals surface area contributed by atoms with Gasteiger partial charge in [0.05, 0.1) is 6.42 Å². The zero-order valence-corrected chi connectivity index (χ0v) is 12.4. The molecule has 0 bridgehead atoms. The number of hydrogen-bond acceptors (Lipinski definition) is 3. The molecule has 0 aliphatic heterocycles. The summed E-state index contributed by atoms with van der Waals surface area (Å²) in [7, 11) is 0. The van der Waals surface area contributed by atoms with Gasteiger partial charge in [-0.1, -0.05) is 26.2 Å². The van der Waals surface area contributed by atoms with Crippen LogP contribution in [0.25, 0.3) is 0 Å². The molecule has 0 aromatic carbocycles. The van der Waals surface area contributed by atoms with E-state index >= 15 is 0 Å². The van der Waals surface area contributed by atoms with Gasteiger partial charge in [0.15, 0.2) is 0 Å². The molecule has 1 fully saturated rings. The number of nitrogens with two attached hydrogens (primary N) is 1. The van der Waals surface area contributed by atoms with Gasteiger partial charge in [-0.25, -0.2) is 9.59 Å². The van der Waals surface area contributed by atoms with E-state index in [4.69, 9.17) is 10.8 Å². The number of carbonyl (C=O) groups is 3. The van der Waals surface area contributed by atoms with E-state index in [1.54, 1.807) is 0 Å². The van der Waals surface area contributed by atoms with Gasteiger partial charge in [0.2, 0.25) is 5.91 Å². The fourth-order valence-electron chi connectivity index (χ4n) is 2.82. The van der Waals surface area contributed by atoms with E-state index < -0.39 is 30.4 Å². The molecule has 0 radical (unpaired) electrons. The normalized spacial score (nSPS) is 23.1. The lowest BCUT2D eigenvalue weighted by Crippen LogP contribution is -2.48. The number of urea groups is 1. The van der Waals surface area contributed by atoms with Crippen molar-refractivity contribution in [3.05, 3.63) is 0 Å². The summed E-state index contributed by atoms with van der Waals surface area (Å²) in [5.41, 5.74) is 4.94. The molecule has 0 aromatic rings. The van der Waals surface area contributed by atoms with Crippen LogP contribution in [-0.2, 0) is 9.59 Å². The third-order valence-electron chi connectivity index (χ3n) is 3.89. The summed E-state index contributed by atoms with van der Waals surface area (Å²) in [5, 5.41) is 13.8. The lowest BCUT2D eigenvalue weighted by Gasteiger charge is -2.26. The van der Waals surface area contributed by atoms with Gasteiger partial charge < -0.3 is 21.5 Å². The SMILES string of the molecule is CC1CCCC(CCNC(=O)N[C@@H](CC(N)=O)C(=O)O)C1. The van der Waals surface area contributed by atoms with Crippen molar-refractivity contribution in [1.82, 2.24) is 10.6 Å². The van der Waals surface area contributed by atoms with Crippen molar-refractivity contribution in [1.29, 1.82) is 0 Å². The zero-order valence-electron chi connectivity index (χ0n) is 12.4. The first-order valence-corrected chi connectivity index (χ1v) is 7.44. The van der Waals surface area contributed by atoms with Crippen LogP contribution in [0.3, 0.4) is 0 Å². The molecule has 1 aliphatic rings. The number of nitrogens with one attached hydrogen (secondary N) is 2. The van der Waals surface area contributed by atoms with E-state index in [-0.39, 0.29) is 0 Å². The number of carboxylic acid groups (broad SMARTS) is 1. The Morgan fingerprint density at radius 1 is 1.33 bits per heavy atom. The topological polar surface area (TPSA) is 122 Å². The molecule has 5 N–H and O–H groups in total. The van der Waals surface area contributed by atoms with Crippen LogP contribution >= 0.6 is 0 Å². The van der Waals surface area contributed by atoms with E-state index in [1.807, 2.05) is 0 Å². The highest BCUT2D eigenvalue weighted by Crippen LogP contribution is 2.30. The zero-order chi connectivity index (χ0) is 15.8. The Balaban J connectivity index is 2.26. The molecule has 2 unspecified atom stereocenters. The van der Waals surface area contributed by atoms with Crippen LogP contribution in [0.1, 0.15) is 45.4 Å². The molecule has 1 saturated carbocycles. The predicted molar refractivity (Wildman–Crippen MR) is 77.5 cm³/mol. The third-order valence-corrected chi connectivity index (χ3v) is 3.89. The van der Waals surface area contributed by atoms with Crippen molar-refractivity contribution in [2.45, 2.75) is 51.5 Å². The second kappa shape index (κ2) is 8.49. The fourth-order valence-corrected chi connectivity index (χ4v) is 2.82. The Morgan fingerprint density at radius 2 is 2.05 bits per heavy atom. The van der Waals surface area contributed by atoms with Gasteiger partial charge in [0.1, 0.15) is 6.04 Å². The van der Waals surface area contributed by atoms with Crippen molar-refractivity contribution in [3.8, 4) is 0 Å². The molecule has 7 nitrogen and oxygen atoms in total. The summed E-state index contributed by atoms with van der Waals surface area (Å²) < 4.78 is 0. The smallest absolute Gasteiger partial charge is 0.326 e. The third kappa shape index (κ3) is 6.97. The van der Waals surface area contributed by atoms with Crippen LogP contribution in [0.2, 0.25) is 0 Å². The minimum atomic E-state index is -1.28. The second-order valence-electron chi connectivity index (χ2n) is 5.89. The quantitative estimate of drug-likeness (QED) is 0.556. The van der Waals surface area contributed by atoms with Crippen LogP contribution in [0, 0.1) is 11.8 Å². The van der Waals surface area contributed by atoms with Crippen LogP contribution in [0.5, 0.6) is 0 Å². The number of amides is 3. The molecule has 1 aliphatic carbocycles. The Hall–Kier alpha value is -1.79. The molecular formula is C14H25N3O4. The summed E-state index contributed by atoms with van der Waals surface area (Å²) in [6.45, 7) is 2.75. The van der Waals surface area contributed by atoms with Crippen molar-refractivity contribution in [3.63, 3.8) is 0 Å². The first kappa shape index (κ1) is 17.3. The van der Waals surface area contributed by atoms with E-state index in [0.29, 0.717) is 12.5 Å². The average Bonchev–Trinajstić information content (AvgIpc) is 2.37. The van der Waals surface area contributed by atoms with E-state index in [2.05, 4.69) is 17.6 Å². The monoisotopic (exact) mass is 299 g/mol. The lowest BCUT2D eigenvalue weighted by molar-refractivity contribution is -0.140. The molecule has 0 spiro atoms. The summed E-state index contributed by atoms with van der Waals surface area (Å²) in [6, 6.07) is -1.86. The molecule has 0 heterocycles. The predicted octanol–water partition coefficient (Wildman–Crippen LogP) is 0.831. The van der Waals surface area contributed by atoms with Crippen molar-refractivity contribution < 1.29 is 19.5 Å². The number of primary amides is 1. The minimum Gasteiger partial charge on any atom is -0.480 e. The van der Waals surface area contributed by atoms with E-state index in [9.17, 15) is 14.4 Å². The number of carboxylic acids is 1. The molecule has 7 heteroatoms. The molecule has 3 atom stereocenters. The molecule has 120 valence electrons. The highest BCUT2D eigenvalue weighted by molar-refractivity contribution is 5.87. The molecule has 0 aromatic heterocycles. The highest BCUT2D eigenvalue weighted by atomic mass is 16.4. The minimum absolute atomic E-state index is 0.414. The number of rotatable bonds is 7. The van der Waals surface area contributed by atoms with E-state index in [0.717, 1.165) is 12.3 Å². The first-order valence-electron chi connectivity index (χ1n) is 7.44. The van der Waals surface area contributed by atoms with Gasteiger partial charge in [-0.3, -0.25) is 4.79 Å². The summed E-state index contributed by atoms with van der Waals surface area (Å²) in [6.07, 6.45) is 5.36. The summed E-state index contributed by atoms with van der Waals surface area (Å²) in [5.74, 6) is -0.677. The van der Waals surface area contributed by atoms with Gasteiger partial charge >= 0.3 is 12.0 Å². The largest absolute Gasteiger partial charge is 0.480 e. The standard InChI is InChI=1S/C14H25N3O4/c1-9-3-2-4-10(7-9)5-6-16-14(21)17-11(13(19)20)8-12(15)18/h9-11H,2-8H2,1H3,(H2,15,18)(H,19,20)(H2,16,17,21)/t9?,10?,11-/m0/s1. The van der Waals surface area contributed by atoms with Crippen LogP contribution < -0.4 is 16.4 Å². The van der Waals surface area contributed by atoms with Gasteiger partial charge in [0, 0.05) is 6.54 Å². The van der Waals surface area contributed by atoms with Crippen LogP contribution in [0.4, 0.5) is 4.79 Å². The number of hydrogen-bond donors (Lipinski definition) is 4. The summed E-state index contributed by atoms with van der Waals surface area (Å²) >= 11 is 0. The van der Waals surface area contributed by atoms with Gasteiger partial charge in [-0.2, -0.15) is 0 Å². The highest BCUT2D eigenvalue weighted by Gasteiger charge is 2.22. The maximum atomic E-state index is 11.6.